The van der Waals surface area contributed by atoms with Crippen LogP contribution in [0.25, 0.3) is 0 Å². The highest BCUT2D eigenvalue weighted by molar-refractivity contribution is 9.11. The molecule has 35 heavy (non-hydrogen) atoms. The summed E-state index contributed by atoms with van der Waals surface area (Å²) < 4.78 is 22.7. The van der Waals surface area contributed by atoms with Gasteiger partial charge in [-0.2, -0.15) is 10.4 Å². The minimum absolute atomic E-state index is 0.0916. The van der Waals surface area contributed by atoms with Crippen molar-refractivity contribution in [2.75, 3.05) is 13.4 Å². The number of hydrogen-bond acceptors (Lipinski definition) is 8. The van der Waals surface area contributed by atoms with E-state index in [0.29, 0.717) is 37.3 Å². The minimum atomic E-state index is -0.616. The van der Waals surface area contributed by atoms with Gasteiger partial charge in [0.2, 0.25) is 6.79 Å². The van der Waals surface area contributed by atoms with Crippen LogP contribution in [0, 0.1) is 11.3 Å². The summed E-state index contributed by atoms with van der Waals surface area (Å²) in [6.07, 6.45) is 1.33. The predicted octanol–water partition coefficient (Wildman–Crippen LogP) is 4.56. The number of carbonyl (C=O) groups is 2. The second kappa shape index (κ2) is 11.0. The van der Waals surface area contributed by atoms with E-state index in [1.165, 1.54) is 12.3 Å². The molecule has 3 aromatic rings. The SMILES string of the molecule is N#Cc1ccccc1OCC(=O)NN=Cc1cc(Br)cc(Br)c1OC(=O)c1ccc2c(c1)OCO2. The van der Waals surface area contributed by atoms with Gasteiger partial charge in [-0.3, -0.25) is 4.79 Å². The lowest BCUT2D eigenvalue weighted by Gasteiger charge is -2.11. The summed E-state index contributed by atoms with van der Waals surface area (Å²) in [6, 6.07) is 16.7. The van der Waals surface area contributed by atoms with Gasteiger partial charge < -0.3 is 18.9 Å². The van der Waals surface area contributed by atoms with Crippen LogP contribution < -0.4 is 24.4 Å². The Labute approximate surface area is 216 Å². The van der Waals surface area contributed by atoms with Gasteiger partial charge in [0, 0.05) is 10.0 Å². The first-order chi connectivity index (χ1) is 16.9. The molecule has 9 nitrogen and oxygen atoms in total. The molecule has 176 valence electrons. The Balaban J connectivity index is 1.43. The van der Waals surface area contributed by atoms with E-state index in [1.54, 1.807) is 48.5 Å². The van der Waals surface area contributed by atoms with Crippen molar-refractivity contribution in [3.63, 3.8) is 0 Å². The van der Waals surface area contributed by atoms with Gasteiger partial charge in [-0.1, -0.05) is 28.1 Å². The second-order valence-electron chi connectivity index (χ2n) is 6.95. The first-order valence-corrected chi connectivity index (χ1v) is 11.6. The molecular weight excluding hydrogens is 586 g/mol. The molecule has 11 heteroatoms. The van der Waals surface area contributed by atoms with Crippen molar-refractivity contribution < 1.29 is 28.5 Å². The number of fused-ring (bicyclic) bond motifs is 1. The standard InChI is InChI=1S/C24H15Br2N3O6/c25-17-7-16(11-28-29-22(30)12-32-19-4-2-1-3-15(19)10-27)23(18(26)9-17)35-24(31)14-5-6-20-21(8-14)34-13-33-20/h1-9,11H,12-13H2,(H,29,30). The molecule has 0 unspecified atom stereocenters. The van der Waals surface area contributed by atoms with Gasteiger partial charge in [0.1, 0.15) is 11.8 Å². The van der Waals surface area contributed by atoms with Gasteiger partial charge in [-0.05, 0) is 58.4 Å². The summed E-state index contributed by atoms with van der Waals surface area (Å²) in [4.78, 5) is 24.9. The number of nitriles is 1. The number of hydrogen-bond donors (Lipinski definition) is 1. The molecule has 0 saturated heterocycles. The van der Waals surface area contributed by atoms with Gasteiger partial charge in [-0.15, -0.1) is 0 Å². The number of benzene rings is 3. The van der Waals surface area contributed by atoms with Crippen molar-refractivity contribution >= 4 is 50.0 Å². The first kappa shape index (κ1) is 24.3. The highest BCUT2D eigenvalue weighted by atomic mass is 79.9. The molecule has 0 bridgehead atoms. The number of para-hydroxylation sites is 1. The number of nitrogens with one attached hydrogen (secondary N) is 1. The number of amides is 1. The number of halogens is 2. The number of rotatable bonds is 7. The number of carbonyl (C=O) groups excluding carboxylic acids is 2. The normalized spacial score (nSPS) is 11.7. The van der Waals surface area contributed by atoms with E-state index >= 15 is 0 Å². The number of esters is 1. The molecule has 3 aromatic carbocycles. The van der Waals surface area contributed by atoms with E-state index in [1.807, 2.05) is 6.07 Å². The Morgan fingerprint density at radius 1 is 1.11 bits per heavy atom. The molecule has 0 radical (unpaired) electrons. The average molecular weight is 601 g/mol. The van der Waals surface area contributed by atoms with Crippen molar-refractivity contribution in [1.82, 2.24) is 5.43 Å². The van der Waals surface area contributed by atoms with Gasteiger partial charge in [-0.25, -0.2) is 10.2 Å². The zero-order valence-corrected chi connectivity index (χ0v) is 21.0. The number of hydrazone groups is 1. The third-order valence-electron chi connectivity index (χ3n) is 4.60. The molecule has 1 N–H and O–H groups in total. The van der Waals surface area contributed by atoms with Crippen LogP contribution in [0.15, 0.2) is 68.6 Å². The molecule has 4 rings (SSSR count). The maximum atomic E-state index is 12.8. The van der Waals surface area contributed by atoms with E-state index in [2.05, 4.69) is 42.4 Å². The van der Waals surface area contributed by atoms with Gasteiger partial charge in [0.05, 0.1) is 21.8 Å². The molecule has 0 saturated carbocycles. The number of nitrogens with zero attached hydrogens (tertiary/aromatic N) is 2. The molecule has 1 heterocycles. The fraction of sp³-hybridized carbons (Fsp3) is 0.0833. The largest absolute Gasteiger partial charge is 0.482 e. The van der Waals surface area contributed by atoms with Crippen LogP contribution >= 0.6 is 31.9 Å². The van der Waals surface area contributed by atoms with E-state index in [9.17, 15) is 9.59 Å². The smallest absolute Gasteiger partial charge is 0.343 e. The fourth-order valence-corrected chi connectivity index (χ4v) is 4.33. The Kier molecular flexibility index (Phi) is 7.64. The molecule has 1 aliphatic heterocycles. The first-order valence-electron chi connectivity index (χ1n) is 9.99. The average Bonchev–Trinajstić information content (AvgIpc) is 3.33. The van der Waals surface area contributed by atoms with Gasteiger partial charge in [0.15, 0.2) is 23.9 Å². The third-order valence-corrected chi connectivity index (χ3v) is 5.65. The van der Waals surface area contributed by atoms with Crippen molar-refractivity contribution in [1.29, 1.82) is 5.26 Å². The van der Waals surface area contributed by atoms with Crippen LogP contribution in [-0.4, -0.2) is 31.5 Å². The maximum absolute atomic E-state index is 12.8. The Morgan fingerprint density at radius 2 is 1.91 bits per heavy atom. The third kappa shape index (κ3) is 5.98. The molecule has 0 aliphatic carbocycles. The lowest BCUT2D eigenvalue weighted by Crippen LogP contribution is -2.24. The van der Waals surface area contributed by atoms with Crippen LogP contribution in [-0.2, 0) is 4.79 Å². The van der Waals surface area contributed by atoms with Crippen LogP contribution in [0.2, 0.25) is 0 Å². The Bertz CT molecular complexity index is 1370. The van der Waals surface area contributed by atoms with Crippen LogP contribution in [0.1, 0.15) is 21.5 Å². The number of ether oxygens (including phenoxy) is 4. The van der Waals surface area contributed by atoms with Crippen molar-refractivity contribution in [2.45, 2.75) is 0 Å². The molecule has 0 fully saturated rings. The summed E-state index contributed by atoms with van der Waals surface area (Å²) in [6.45, 7) is -0.252. The van der Waals surface area contributed by atoms with Gasteiger partial charge in [0.25, 0.3) is 5.91 Å². The lowest BCUT2D eigenvalue weighted by atomic mass is 10.2. The molecular formula is C24H15Br2N3O6. The Morgan fingerprint density at radius 3 is 2.74 bits per heavy atom. The maximum Gasteiger partial charge on any atom is 0.343 e. The van der Waals surface area contributed by atoms with E-state index in [4.69, 9.17) is 24.2 Å². The topological polar surface area (TPSA) is 119 Å². The quantitative estimate of drug-likeness (QED) is 0.183. The van der Waals surface area contributed by atoms with E-state index in [-0.39, 0.29) is 24.7 Å². The summed E-state index contributed by atoms with van der Waals surface area (Å²) in [5, 5.41) is 13.0. The van der Waals surface area contributed by atoms with Crippen LogP contribution in [0.5, 0.6) is 23.0 Å². The Hall–Kier alpha value is -3.88. The highest BCUT2D eigenvalue weighted by Crippen LogP contribution is 2.35. The summed E-state index contributed by atoms with van der Waals surface area (Å²) in [5.41, 5.74) is 3.34. The minimum Gasteiger partial charge on any atom is -0.482 e. The summed E-state index contributed by atoms with van der Waals surface area (Å²) >= 11 is 6.77. The molecule has 0 atom stereocenters. The fourth-order valence-electron chi connectivity index (χ4n) is 2.99. The molecule has 0 aromatic heterocycles. The lowest BCUT2D eigenvalue weighted by molar-refractivity contribution is -0.123. The van der Waals surface area contributed by atoms with Crippen molar-refractivity contribution in [3.8, 4) is 29.1 Å². The summed E-state index contributed by atoms with van der Waals surface area (Å²) in [5.74, 6) is 0.348. The van der Waals surface area contributed by atoms with Crippen LogP contribution in [0.4, 0.5) is 0 Å². The molecule has 0 spiro atoms. The molecule has 1 aliphatic rings. The zero-order chi connectivity index (χ0) is 24.8. The second-order valence-corrected chi connectivity index (χ2v) is 8.72. The van der Waals surface area contributed by atoms with E-state index < -0.39 is 11.9 Å². The molecule has 1 amide bonds. The van der Waals surface area contributed by atoms with Crippen molar-refractivity contribution in [2.24, 2.45) is 5.10 Å². The zero-order valence-electron chi connectivity index (χ0n) is 17.8. The monoisotopic (exact) mass is 599 g/mol. The van der Waals surface area contributed by atoms with Gasteiger partial charge >= 0.3 is 5.97 Å². The van der Waals surface area contributed by atoms with Crippen LogP contribution in [0.3, 0.4) is 0 Å². The van der Waals surface area contributed by atoms with E-state index in [0.717, 1.165) is 0 Å². The van der Waals surface area contributed by atoms with Crippen molar-refractivity contribution in [3.05, 3.63) is 80.2 Å². The highest BCUT2D eigenvalue weighted by Gasteiger charge is 2.19. The summed E-state index contributed by atoms with van der Waals surface area (Å²) in [7, 11) is 0. The predicted molar refractivity (Wildman–Crippen MR) is 132 cm³/mol.